The summed E-state index contributed by atoms with van der Waals surface area (Å²) in [5, 5.41) is 3.67. The first-order chi connectivity index (χ1) is 9.56. The molecule has 1 saturated heterocycles. The van der Waals surface area contributed by atoms with Crippen molar-refractivity contribution in [2.45, 2.75) is 26.8 Å². The van der Waals surface area contributed by atoms with E-state index in [-0.39, 0.29) is 0 Å². The summed E-state index contributed by atoms with van der Waals surface area (Å²) in [4.78, 5) is 4.96. The summed E-state index contributed by atoms with van der Waals surface area (Å²) in [5.41, 5.74) is 4.16. The van der Waals surface area contributed by atoms with Crippen LogP contribution in [-0.4, -0.2) is 56.1 Å². The summed E-state index contributed by atoms with van der Waals surface area (Å²) in [7, 11) is 2.21. The monoisotopic (exact) mass is 275 g/mol. The Bertz CT molecular complexity index is 422. The Labute approximate surface area is 124 Å². The van der Waals surface area contributed by atoms with Crippen LogP contribution in [0.4, 0.5) is 0 Å². The second-order valence-electron chi connectivity index (χ2n) is 6.18. The Hall–Kier alpha value is -0.900. The minimum Gasteiger partial charge on any atom is -0.309 e. The van der Waals surface area contributed by atoms with Crippen molar-refractivity contribution in [2.75, 3.05) is 46.3 Å². The van der Waals surface area contributed by atoms with Crippen LogP contribution < -0.4 is 5.32 Å². The smallest absolute Gasteiger partial charge is 0.0295 e. The van der Waals surface area contributed by atoms with Gasteiger partial charge in [0, 0.05) is 45.3 Å². The average Bonchev–Trinajstić information content (AvgIpc) is 2.43. The van der Waals surface area contributed by atoms with Gasteiger partial charge in [-0.25, -0.2) is 0 Å². The van der Waals surface area contributed by atoms with E-state index < -0.39 is 0 Å². The molecule has 20 heavy (non-hydrogen) atoms. The predicted molar refractivity (Wildman–Crippen MR) is 86.3 cm³/mol. The first kappa shape index (κ1) is 15.5. The van der Waals surface area contributed by atoms with E-state index in [0.29, 0.717) is 6.04 Å². The number of hydrogen-bond acceptors (Lipinski definition) is 3. The maximum atomic E-state index is 3.67. The molecule has 1 aliphatic heterocycles. The fourth-order valence-corrected chi connectivity index (χ4v) is 2.85. The van der Waals surface area contributed by atoms with Crippen LogP contribution in [0, 0.1) is 13.8 Å². The van der Waals surface area contributed by atoms with E-state index in [9.17, 15) is 0 Å². The number of rotatable bonds is 5. The highest BCUT2D eigenvalue weighted by Gasteiger charge is 2.14. The van der Waals surface area contributed by atoms with Gasteiger partial charge in [-0.1, -0.05) is 23.8 Å². The van der Waals surface area contributed by atoms with Crippen LogP contribution in [0.25, 0.3) is 0 Å². The molecule has 1 N–H and O–H groups in total. The molecule has 1 unspecified atom stereocenters. The zero-order valence-electron chi connectivity index (χ0n) is 13.4. The van der Waals surface area contributed by atoms with Gasteiger partial charge >= 0.3 is 0 Å². The standard InChI is InChI=1S/C17H29N3/c1-14-5-6-15(2)17(13-14)16(3)18-7-8-20-11-9-19(4)10-12-20/h5-6,13,16,18H,7-12H2,1-4H3. The molecule has 0 bridgehead atoms. The van der Waals surface area contributed by atoms with Gasteiger partial charge in [-0.15, -0.1) is 0 Å². The zero-order chi connectivity index (χ0) is 14.5. The summed E-state index contributed by atoms with van der Waals surface area (Å²) < 4.78 is 0. The number of hydrogen-bond donors (Lipinski definition) is 1. The molecule has 0 aromatic heterocycles. The van der Waals surface area contributed by atoms with Crippen molar-refractivity contribution >= 4 is 0 Å². The molecule has 0 spiro atoms. The van der Waals surface area contributed by atoms with Crippen molar-refractivity contribution in [3.8, 4) is 0 Å². The highest BCUT2D eigenvalue weighted by atomic mass is 15.2. The molecular formula is C17H29N3. The second-order valence-corrected chi connectivity index (χ2v) is 6.18. The Kier molecular flexibility index (Phi) is 5.58. The molecule has 3 heteroatoms. The van der Waals surface area contributed by atoms with Crippen molar-refractivity contribution in [1.82, 2.24) is 15.1 Å². The van der Waals surface area contributed by atoms with Gasteiger partial charge in [-0.3, -0.25) is 4.90 Å². The third-order valence-corrected chi connectivity index (χ3v) is 4.38. The normalized spacial score (nSPS) is 19.2. The highest BCUT2D eigenvalue weighted by molar-refractivity contribution is 5.32. The number of likely N-dealkylation sites (N-methyl/N-ethyl adjacent to an activating group) is 1. The fourth-order valence-electron chi connectivity index (χ4n) is 2.85. The minimum absolute atomic E-state index is 0.433. The first-order valence-corrected chi connectivity index (χ1v) is 7.77. The lowest BCUT2D eigenvalue weighted by Crippen LogP contribution is -2.46. The van der Waals surface area contributed by atoms with Crippen molar-refractivity contribution in [1.29, 1.82) is 0 Å². The summed E-state index contributed by atoms with van der Waals surface area (Å²) in [6, 6.07) is 7.16. The first-order valence-electron chi connectivity index (χ1n) is 7.77. The molecule has 0 saturated carbocycles. The molecule has 3 nitrogen and oxygen atoms in total. The van der Waals surface area contributed by atoms with E-state index in [0.717, 1.165) is 13.1 Å². The Morgan fingerprint density at radius 3 is 2.55 bits per heavy atom. The second kappa shape index (κ2) is 7.21. The van der Waals surface area contributed by atoms with Crippen molar-refractivity contribution in [3.63, 3.8) is 0 Å². The number of aryl methyl sites for hydroxylation is 2. The van der Waals surface area contributed by atoms with E-state index in [4.69, 9.17) is 0 Å². The van der Waals surface area contributed by atoms with E-state index >= 15 is 0 Å². The molecule has 2 rings (SSSR count). The van der Waals surface area contributed by atoms with Gasteiger partial charge in [0.05, 0.1) is 0 Å². The van der Waals surface area contributed by atoms with E-state index in [1.807, 2.05) is 0 Å². The molecule has 1 aromatic carbocycles. The van der Waals surface area contributed by atoms with E-state index in [1.54, 1.807) is 0 Å². The molecule has 1 fully saturated rings. The van der Waals surface area contributed by atoms with E-state index in [2.05, 4.69) is 61.1 Å². The van der Waals surface area contributed by atoms with Crippen molar-refractivity contribution in [2.24, 2.45) is 0 Å². The SMILES string of the molecule is Cc1ccc(C)c(C(C)NCCN2CCN(C)CC2)c1. The van der Waals surface area contributed by atoms with Gasteiger partial charge in [-0.2, -0.15) is 0 Å². The number of nitrogens with zero attached hydrogens (tertiary/aromatic N) is 2. The lowest BCUT2D eigenvalue weighted by molar-refractivity contribution is 0.154. The molecule has 0 radical (unpaired) electrons. The molecule has 1 aliphatic rings. The van der Waals surface area contributed by atoms with Gasteiger partial charge < -0.3 is 10.2 Å². The van der Waals surface area contributed by atoms with Crippen LogP contribution in [0.3, 0.4) is 0 Å². The Morgan fingerprint density at radius 2 is 1.85 bits per heavy atom. The third kappa shape index (κ3) is 4.30. The molecule has 0 amide bonds. The zero-order valence-corrected chi connectivity index (χ0v) is 13.4. The molecule has 1 atom stereocenters. The topological polar surface area (TPSA) is 18.5 Å². The lowest BCUT2D eigenvalue weighted by Gasteiger charge is -2.32. The summed E-state index contributed by atoms with van der Waals surface area (Å²) in [5.74, 6) is 0. The van der Waals surface area contributed by atoms with Crippen LogP contribution in [0.15, 0.2) is 18.2 Å². The van der Waals surface area contributed by atoms with Crippen LogP contribution in [-0.2, 0) is 0 Å². The van der Waals surface area contributed by atoms with Gasteiger partial charge in [0.2, 0.25) is 0 Å². The van der Waals surface area contributed by atoms with Crippen LogP contribution in [0.2, 0.25) is 0 Å². The predicted octanol–water partition coefficient (Wildman–Crippen LogP) is 2.20. The Balaban J connectivity index is 1.77. The van der Waals surface area contributed by atoms with Crippen LogP contribution >= 0.6 is 0 Å². The molecule has 112 valence electrons. The summed E-state index contributed by atoms with van der Waals surface area (Å²) in [6.45, 7) is 13.7. The molecule has 1 heterocycles. The highest BCUT2D eigenvalue weighted by Crippen LogP contribution is 2.18. The number of benzene rings is 1. The minimum atomic E-state index is 0.433. The third-order valence-electron chi connectivity index (χ3n) is 4.38. The maximum absolute atomic E-state index is 3.67. The summed E-state index contributed by atoms with van der Waals surface area (Å²) in [6.07, 6.45) is 0. The van der Waals surface area contributed by atoms with Crippen molar-refractivity contribution in [3.05, 3.63) is 34.9 Å². The summed E-state index contributed by atoms with van der Waals surface area (Å²) >= 11 is 0. The molecule has 1 aromatic rings. The largest absolute Gasteiger partial charge is 0.309 e. The van der Waals surface area contributed by atoms with Gasteiger partial charge in [0.1, 0.15) is 0 Å². The average molecular weight is 275 g/mol. The van der Waals surface area contributed by atoms with Crippen LogP contribution in [0.1, 0.15) is 29.7 Å². The van der Waals surface area contributed by atoms with Crippen molar-refractivity contribution < 1.29 is 0 Å². The van der Waals surface area contributed by atoms with Gasteiger partial charge in [-0.05, 0) is 38.9 Å². The lowest BCUT2D eigenvalue weighted by atomic mass is 10.00. The molecular weight excluding hydrogens is 246 g/mol. The number of nitrogens with one attached hydrogen (secondary N) is 1. The van der Waals surface area contributed by atoms with Gasteiger partial charge in [0.25, 0.3) is 0 Å². The van der Waals surface area contributed by atoms with Gasteiger partial charge in [0.15, 0.2) is 0 Å². The number of piperazine rings is 1. The fraction of sp³-hybridized carbons (Fsp3) is 0.647. The quantitative estimate of drug-likeness (QED) is 0.889. The van der Waals surface area contributed by atoms with Crippen LogP contribution in [0.5, 0.6) is 0 Å². The molecule has 0 aliphatic carbocycles. The van der Waals surface area contributed by atoms with E-state index in [1.165, 1.54) is 42.9 Å². The maximum Gasteiger partial charge on any atom is 0.0295 e. The Morgan fingerprint density at radius 1 is 1.15 bits per heavy atom.